The number of hydroxylamine groups is 2. The number of piperidine rings is 1. The number of carbonyl (C=O) groups is 2. The molecule has 2 atom stereocenters. The number of fused-ring (bicyclic) bond motifs is 1. The van der Waals surface area contributed by atoms with Gasteiger partial charge in [0.15, 0.2) is 6.10 Å². The second-order valence-corrected chi connectivity index (χ2v) is 8.57. The first-order valence-electron chi connectivity index (χ1n) is 10.5. The molecule has 3 aliphatic heterocycles. The van der Waals surface area contributed by atoms with Crippen LogP contribution in [0.25, 0.3) is 0 Å². The quantitative estimate of drug-likeness (QED) is 0.702. The smallest absolute Gasteiger partial charge is 0.484 e. The lowest BCUT2D eigenvalue weighted by atomic mass is 9.85. The van der Waals surface area contributed by atoms with Crippen molar-refractivity contribution in [2.75, 3.05) is 19.6 Å². The number of amides is 1. The maximum Gasteiger partial charge on any atom is 0.528 e. The van der Waals surface area contributed by atoms with E-state index in [-0.39, 0.29) is 5.91 Å². The van der Waals surface area contributed by atoms with E-state index in [4.69, 9.17) is 14.3 Å². The first-order chi connectivity index (χ1) is 14.4. The Labute approximate surface area is 176 Å². The highest BCUT2D eigenvalue weighted by Gasteiger charge is 2.51. The maximum absolute atomic E-state index is 12.6. The van der Waals surface area contributed by atoms with Crippen LogP contribution in [0.1, 0.15) is 63.1 Å². The van der Waals surface area contributed by atoms with Gasteiger partial charge in [-0.05, 0) is 51.3 Å². The van der Waals surface area contributed by atoms with Crippen LogP contribution in [-0.4, -0.2) is 53.4 Å². The molecular formula is C22H27N3O5. The summed E-state index contributed by atoms with van der Waals surface area (Å²) in [7, 11) is 0. The summed E-state index contributed by atoms with van der Waals surface area (Å²) < 4.78 is 12.0. The summed E-state index contributed by atoms with van der Waals surface area (Å²) in [5, 5.41) is 11.0. The molecule has 3 heterocycles. The summed E-state index contributed by atoms with van der Waals surface area (Å²) in [6.45, 7) is 5.60. The topological polar surface area (TPSA) is 92.1 Å². The molecule has 0 aromatic heterocycles. The SMILES string of the molecule is CC1(C)Oc2ccc(C#N)cc2C(N2CCCC2=O)C1OC(=O)ON1CCCCC1. The van der Waals surface area contributed by atoms with E-state index in [1.54, 1.807) is 28.2 Å². The number of ether oxygens (including phenoxy) is 2. The maximum atomic E-state index is 12.6. The first kappa shape index (κ1) is 20.5. The van der Waals surface area contributed by atoms with Crippen LogP contribution in [0.4, 0.5) is 4.79 Å². The van der Waals surface area contributed by atoms with E-state index in [0.717, 1.165) is 25.7 Å². The van der Waals surface area contributed by atoms with Crippen LogP contribution in [0, 0.1) is 11.3 Å². The van der Waals surface area contributed by atoms with Crippen molar-refractivity contribution >= 4 is 12.1 Å². The number of benzene rings is 1. The molecule has 30 heavy (non-hydrogen) atoms. The van der Waals surface area contributed by atoms with Gasteiger partial charge in [0.1, 0.15) is 17.4 Å². The van der Waals surface area contributed by atoms with E-state index in [1.165, 1.54) is 0 Å². The van der Waals surface area contributed by atoms with Gasteiger partial charge < -0.3 is 19.2 Å². The van der Waals surface area contributed by atoms with Gasteiger partial charge in [0, 0.05) is 31.6 Å². The zero-order valence-corrected chi connectivity index (χ0v) is 17.4. The van der Waals surface area contributed by atoms with E-state index in [1.807, 2.05) is 13.8 Å². The van der Waals surface area contributed by atoms with Gasteiger partial charge in [-0.15, -0.1) is 5.06 Å². The Bertz CT molecular complexity index is 872. The molecular weight excluding hydrogens is 386 g/mol. The second-order valence-electron chi connectivity index (χ2n) is 8.57. The molecule has 1 amide bonds. The summed E-state index contributed by atoms with van der Waals surface area (Å²) in [6.07, 6.45) is 2.69. The Kier molecular flexibility index (Phi) is 5.56. The van der Waals surface area contributed by atoms with Crippen LogP contribution in [0.5, 0.6) is 5.75 Å². The van der Waals surface area contributed by atoms with Gasteiger partial charge in [0.05, 0.1) is 11.6 Å². The summed E-state index contributed by atoms with van der Waals surface area (Å²) in [5.74, 6) is 0.594. The lowest BCUT2D eigenvalue weighted by Gasteiger charge is -2.46. The molecule has 2 fully saturated rings. The van der Waals surface area contributed by atoms with Crippen molar-refractivity contribution in [2.24, 2.45) is 0 Å². The molecule has 8 nitrogen and oxygen atoms in total. The minimum atomic E-state index is -0.893. The largest absolute Gasteiger partial charge is 0.528 e. The van der Waals surface area contributed by atoms with Gasteiger partial charge in [-0.3, -0.25) is 4.79 Å². The number of carbonyl (C=O) groups excluding carboxylic acids is 2. The highest BCUT2D eigenvalue weighted by molar-refractivity contribution is 5.79. The summed E-state index contributed by atoms with van der Waals surface area (Å²) in [6, 6.07) is 6.73. The van der Waals surface area contributed by atoms with Crippen LogP contribution in [0.15, 0.2) is 18.2 Å². The molecule has 1 aromatic rings. The van der Waals surface area contributed by atoms with E-state index in [0.29, 0.717) is 42.9 Å². The molecule has 1 aromatic carbocycles. The molecule has 8 heteroatoms. The second kappa shape index (κ2) is 8.15. The lowest BCUT2D eigenvalue weighted by Crippen LogP contribution is -2.56. The monoisotopic (exact) mass is 413 g/mol. The average Bonchev–Trinajstić information content (AvgIpc) is 3.14. The minimum Gasteiger partial charge on any atom is -0.484 e. The Morgan fingerprint density at radius 3 is 2.63 bits per heavy atom. The molecule has 0 saturated carbocycles. The highest BCUT2D eigenvalue weighted by Crippen LogP contribution is 2.46. The lowest BCUT2D eigenvalue weighted by molar-refractivity contribution is -0.172. The van der Waals surface area contributed by atoms with Gasteiger partial charge in [-0.25, -0.2) is 4.79 Å². The Balaban J connectivity index is 1.65. The van der Waals surface area contributed by atoms with Crippen molar-refractivity contribution < 1.29 is 23.9 Å². The van der Waals surface area contributed by atoms with Crippen molar-refractivity contribution in [3.63, 3.8) is 0 Å². The molecule has 160 valence electrons. The first-order valence-corrected chi connectivity index (χ1v) is 10.5. The normalized spacial score (nSPS) is 25.8. The fraction of sp³-hybridized carbons (Fsp3) is 0.591. The molecule has 2 saturated heterocycles. The van der Waals surface area contributed by atoms with Gasteiger partial charge in [0.2, 0.25) is 5.91 Å². The molecule has 0 aliphatic carbocycles. The molecule has 2 unspecified atom stereocenters. The van der Waals surface area contributed by atoms with Crippen LogP contribution in [-0.2, 0) is 14.4 Å². The number of nitriles is 1. The summed E-state index contributed by atoms with van der Waals surface area (Å²) in [4.78, 5) is 32.4. The Morgan fingerprint density at radius 2 is 1.97 bits per heavy atom. The molecule has 0 N–H and O–H groups in total. The van der Waals surface area contributed by atoms with E-state index in [9.17, 15) is 14.9 Å². The Hall–Kier alpha value is -2.79. The van der Waals surface area contributed by atoms with Gasteiger partial charge in [0.25, 0.3) is 0 Å². The number of hydrogen-bond donors (Lipinski definition) is 0. The van der Waals surface area contributed by atoms with E-state index >= 15 is 0 Å². The number of hydrogen-bond acceptors (Lipinski definition) is 7. The van der Waals surface area contributed by atoms with Crippen LogP contribution >= 0.6 is 0 Å². The standard InChI is InChI=1S/C22H27N3O5/c1-22(2)20(28-21(27)30-24-10-4-3-5-11-24)19(25-12-6-7-18(25)26)16-13-15(14-23)8-9-17(16)29-22/h8-9,13,19-20H,3-7,10-12H2,1-2H3. The van der Waals surface area contributed by atoms with Crippen LogP contribution in [0.2, 0.25) is 0 Å². The average molecular weight is 413 g/mol. The van der Waals surface area contributed by atoms with Gasteiger partial charge in [-0.1, -0.05) is 6.42 Å². The van der Waals surface area contributed by atoms with Crippen LogP contribution in [0.3, 0.4) is 0 Å². The number of rotatable bonds is 3. The summed E-state index contributed by atoms with van der Waals surface area (Å²) in [5.41, 5.74) is 0.248. The zero-order chi connectivity index (χ0) is 21.3. The minimum absolute atomic E-state index is 0.00371. The fourth-order valence-electron chi connectivity index (χ4n) is 4.51. The summed E-state index contributed by atoms with van der Waals surface area (Å²) >= 11 is 0. The van der Waals surface area contributed by atoms with Crippen molar-refractivity contribution in [3.05, 3.63) is 29.3 Å². The molecule has 4 rings (SSSR count). The highest BCUT2D eigenvalue weighted by atomic mass is 16.8. The third kappa shape index (κ3) is 3.94. The molecule has 0 bridgehead atoms. The predicted octanol–water partition coefficient (Wildman–Crippen LogP) is 3.32. The Morgan fingerprint density at radius 1 is 1.20 bits per heavy atom. The van der Waals surface area contributed by atoms with Crippen LogP contribution < -0.4 is 4.74 Å². The van der Waals surface area contributed by atoms with E-state index < -0.39 is 23.9 Å². The fourth-order valence-corrected chi connectivity index (χ4v) is 4.51. The third-order valence-electron chi connectivity index (χ3n) is 5.99. The zero-order valence-electron chi connectivity index (χ0n) is 17.4. The van der Waals surface area contributed by atoms with Crippen molar-refractivity contribution in [2.45, 2.75) is 63.7 Å². The van der Waals surface area contributed by atoms with Crippen molar-refractivity contribution in [1.29, 1.82) is 5.26 Å². The van der Waals surface area contributed by atoms with Crippen molar-refractivity contribution in [1.82, 2.24) is 9.96 Å². The van der Waals surface area contributed by atoms with Crippen molar-refractivity contribution in [3.8, 4) is 11.8 Å². The number of likely N-dealkylation sites (tertiary alicyclic amines) is 1. The molecule has 0 radical (unpaired) electrons. The third-order valence-corrected chi connectivity index (χ3v) is 5.99. The predicted molar refractivity (Wildman–Crippen MR) is 106 cm³/mol. The van der Waals surface area contributed by atoms with Gasteiger partial charge in [-0.2, -0.15) is 5.26 Å². The van der Waals surface area contributed by atoms with E-state index in [2.05, 4.69) is 6.07 Å². The number of nitrogens with zero attached hydrogens (tertiary/aromatic N) is 3. The molecule has 0 spiro atoms. The molecule has 3 aliphatic rings. The van der Waals surface area contributed by atoms with Gasteiger partial charge >= 0.3 is 6.16 Å².